The molecule has 1 aliphatic heterocycles. The highest BCUT2D eigenvalue weighted by molar-refractivity contribution is 5.96. The van der Waals surface area contributed by atoms with Gasteiger partial charge >= 0.3 is 5.97 Å². The molecule has 0 unspecified atom stereocenters. The molecule has 0 saturated carbocycles. The van der Waals surface area contributed by atoms with Gasteiger partial charge in [0.15, 0.2) is 0 Å². The van der Waals surface area contributed by atoms with Crippen LogP contribution in [0.3, 0.4) is 0 Å². The first-order valence-electron chi connectivity index (χ1n) is 4.06. The molecule has 4 nitrogen and oxygen atoms in total. The molecule has 1 aromatic rings. The van der Waals surface area contributed by atoms with Gasteiger partial charge in [0, 0.05) is 11.6 Å². The Bertz CT molecular complexity index is 391. The number of esters is 1. The third-order valence-corrected chi connectivity index (χ3v) is 1.97. The van der Waals surface area contributed by atoms with Crippen LogP contribution in [0.4, 0.5) is 0 Å². The number of cyclic esters (lactones) is 1. The summed E-state index contributed by atoms with van der Waals surface area (Å²) in [5, 5.41) is 18.3. The van der Waals surface area contributed by atoms with E-state index in [0.717, 1.165) is 0 Å². The number of aliphatic hydroxyl groups is 1. The van der Waals surface area contributed by atoms with Gasteiger partial charge in [0.2, 0.25) is 6.29 Å². The van der Waals surface area contributed by atoms with Crippen molar-refractivity contribution in [2.24, 2.45) is 0 Å². The molecule has 1 atom stereocenters. The van der Waals surface area contributed by atoms with Gasteiger partial charge in [-0.25, -0.2) is 4.79 Å². The molecular formula is C10H8O4. The highest BCUT2D eigenvalue weighted by Gasteiger charge is 2.24. The number of phenols is 1. The van der Waals surface area contributed by atoms with E-state index in [4.69, 9.17) is 5.11 Å². The normalized spacial score (nSPS) is 20.5. The Morgan fingerprint density at radius 3 is 2.36 bits per heavy atom. The number of aromatic hydroxyl groups is 1. The first kappa shape index (κ1) is 8.77. The number of rotatable bonds is 1. The molecule has 4 heteroatoms. The van der Waals surface area contributed by atoms with Crippen molar-refractivity contribution in [2.75, 3.05) is 0 Å². The van der Waals surface area contributed by atoms with Crippen LogP contribution in [-0.4, -0.2) is 22.5 Å². The molecular weight excluding hydrogens is 184 g/mol. The lowest BCUT2D eigenvalue weighted by molar-refractivity contribution is -0.149. The summed E-state index contributed by atoms with van der Waals surface area (Å²) < 4.78 is 4.52. The fourth-order valence-electron chi connectivity index (χ4n) is 1.29. The Labute approximate surface area is 80.1 Å². The van der Waals surface area contributed by atoms with Gasteiger partial charge in [-0.3, -0.25) is 0 Å². The standard InChI is InChI=1S/C10H8O4/c11-7-3-1-6(2-4-7)8-5-9(12)14-10(8)13/h1-5,10-11,13H/t10-/m1/s1. The molecule has 0 aliphatic carbocycles. The minimum atomic E-state index is -1.20. The van der Waals surface area contributed by atoms with Crippen molar-refractivity contribution < 1.29 is 19.7 Å². The summed E-state index contributed by atoms with van der Waals surface area (Å²) in [6.07, 6.45) is 0.0314. The molecule has 0 spiro atoms. The monoisotopic (exact) mass is 192 g/mol. The van der Waals surface area contributed by atoms with Crippen LogP contribution in [0, 0.1) is 0 Å². The Kier molecular flexibility index (Phi) is 1.98. The number of phenolic OH excluding ortho intramolecular Hbond substituents is 1. The van der Waals surface area contributed by atoms with Crippen molar-refractivity contribution >= 4 is 11.5 Å². The largest absolute Gasteiger partial charge is 0.508 e. The molecule has 72 valence electrons. The number of hydrogen-bond acceptors (Lipinski definition) is 4. The molecule has 1 aliphatic rings. The van der Waals surface area contributed by atoms with E-state index in [2.05, 4.69) is 4.74 Å². The molecule has 1 aromatic carbocycles. The highest BCUT2D eigenvalue weighted by atomic mass is 16.6. The van der Waals surface area contributed by atoms with Crippen molar-refractivity contribution in [3.05, 3.63) is 35.9 Å². The zero-order chi connectivity index (χ0) is 10.1. The highest BCUT2D eigenvalue weighted by Crippen LogP contribution is 2.25. The van der Waals surface area contributed by atoms with Gasteiger partial charge in [0.05, 0.1) is 0 Å². The third-order valence-electron chi connectivity index (χ3n) is 1.97. The summed E-state index contributed by atoms with van der Waals surface area (Å²) in [4.78, 5) is 10.8. The zero-order valence-electron chi connectivity index (χ0n) is 7.18. The van der Waals surface area contributed by atoms with Gasteiger partial charge in [0.1, 0.15) is 5.75 Å². The minimum Gasteiger partial charge on any atom is -0.508 e. The lowest BCUT2D eigenvalue weighted by atomic mass is 10.1. The Hall–Kier alpha value is -1.81. The van der Waals surface area contributed by atoms with Crippen LogP contribution in [-0.2, 0) is 9.53 Å². The van der Waals surface area contributed by atoms with Crippen molar-refractivity contribution in [2.45, 2.75) is 6.29 Å². The molecule has 1 heterocycles. The average Bonchev–Trinajstić information content (AvgIpc) is 2.47. The molecule has 2 N–H and O–H groups in total. The van der Waals surface area contributed by atoms with Crippen LogP contribution in [0.2, 0.25) is 0 Å². The fourth-order valence-corrected chi connectivity index (χ4v) is 1.29. The minimum absolute atomic E-state index is 0.133. The van der Waals surface area contributed by atoms with Crippen LogP contribution in [0.25, 0.3) is 5.57 Å². The number of hydrogen-bond donors (Lipinski definition) is 2. The third kappa shape index (κ3) is 1.47. The topological polar surface area (TPSA) is 66.8 Å². The average molecular weight is 192 g/mol. The number of carbonyl (C=O) groups excluding carboxylic acids is 1. The smallest absolute Gasteiger partial charge is 0.333 e. The van der Waals surface area contributed by atoms with Crippen LogP contribution in [0.15, 0.2) is 30.3 Å². The maximum atomic E-state index is 10.8. The second-order valence-corrected chi connectivity index (χ2v) is 2.94. The first-order chi connectivity index (χ1) is 6.66. The summed E-state index contributed by atoms with van der Waals surface area (Å²) in [6, 6.07) is 6.16. The van der Waals surface area contributed by atoms with Crippen LogP contribution in [0.1, 0.15) is 5.56 Å². The van der Waals surface area contributed by atoms with Crippen LogP contribution < -0.4 is 0 Å². The molecule has 0 radical (unpaired) electrons. The molecule has 0 aromatic heterocycles. The summed E-state index contributed by atoms with van der Waals surface area (Å²) >= 11 is 0. The quantitative estimate of drug-likeness (QED) is 0.641. The Morgan fingerprint density at radius 1 is 1.21 bits per heavy atom. The predicted molar refractivity (Wildman–Crippen MR) is 48.2 cm³/mol. The van der Waals surface area contributed by atoms with Gasteiger partial charge < -0.3 is 14.9 Å². The lowest BCUT2D eigenvalue weighted by Gasteiger charge is -2.06. The van der Waals surface area contributed by atoms with Crippen molar-refractivity contribution in [1.82, 2.24) is 0 Å². The number of aliphatic hydroxyl groups excluding tert-OH is 1. The Morgan fingerprint density at radius 2 is 1.86 bits per heavy atom. The van der Waals surface area contributed by atoms with E-state index >= 15 is 0 Å². The summed E-state index contributed by atoms with van der Waals surface area (Å²) in [5.41, 5.74) is 1.07. The van der Waals surface area contributed by atoms with E-state index < -0.39 is 12.3 Å². The van der Waals surface area contributed by atoms with Crippen LogP contribution in [0.5, 0.6) is 5.75 Å². The van der Waals surface area contributed by atoms with Crippen molar-refractivity contribution in [3.63, 3.8) is 0 Å². The van der Waals surface area contributed by atoms with Gasteiger partial charge in [0.25, 0.3) is 0 Å². The summed E-state index contributed by atoms with van der Waals surface area (Å²) in [5.74, 6) is -0.422. The molecule has 2 rings (SSSR count). The lowest BCUT2D eigenvalue weighted by Crippen LogP contribution is -2.09. The maximum Gasteiger partial charge on any atom is 0.333 e. The van der Waals surface area contributed by atoms with Crippen LogP contribution >= 0.6 is 0 Å². The van der Waals surface area contributed by atoms with E-state index in [1.165, 1.54) is 18.2 Å². The molecule has 0 bridgehead atoms. The number of benzene rings is 1. The van der Waals surface area contributed by atoms with E-state index in [1.54, 1.807) is 12.1 Å². The second kappa shape index (κ2) is 3.16. The van der Waals surface area contributed by atoms with Crippen molar-refractivity contribution in [1.29, 1.82) is 0 Å². The second-order valence-electron chi connectivity index (χ2n) is 2.94. The summed E-state index contributed by atoms with van der Waals surface area (Å²) in [7, 11) is 0. The number of carbonyl (C=O) groups is 1. The maximum absolute atomic E-state index is 10.8. The predicted octanol–water partition coefficient (Wildman–Crippen LogP) is 0.651. The van der Waals surface area contributed by atoms with E-state index in [1.807, 2.05) is 0 Å². The Balaban J connectivity index is 2.36. The van der Waals surface area contributed by atoms with E-state index in [9.17, 15) is 9.90 Å². The first-order valence-corrected chi connectivity index (χ1v) is 4.06. The molecule has 0 saturated heterocycles. The van der Waals surface area contributed by atoms with E-state index in [0.29, 0.717) is 11.1 Å². The van der Waals surface area contributed by atoms with Gasteiger partial charge in [-0.15, -0.1) is 0 Å². The fraction of sp³-hybridized carbons (Fsp3) is 0.100. The molecule has 14 heavy (non-hydrogen) atoms. The molecule has 0 fully saturated rings. The molecule has 0 amide bonds. The number of ether oxygens (including phenoxy) is 1. The zero-order valence-corrected chi connectivity index (χ0v) is 7.18. The van der Waals surface area contributed by atoms with Crippen molar-refractivity contribution in [3.8, 4) is 5.75 Å². The van der Waals surface area contributed by atoms with E-state index in [-0.39, 0.29) is 5.75 Å². The van der Waals surface area contributed by atoms with Gasteiger partial charge in [-0.05, 0) is 17.7 Å². The summed E-state index contributed by atoms with van der Waals surface area (Å²) in [6.45, 7) is 0. The van der Waals surface area contributed by atoms with Gasteiger partial charge in [-0.1, -0.05) is 12.1 Å². The SMILES string of the molecule is O=C1C=C(c2ccc(O)cc2)[C@H](O)O1. The van der Waals surface area contributed by atoms with Gasteiger partial charge in [-0.2, -0.15) is 0 Å².